The molecule has 1 saturated carbocycles. The molecule has 2 fully saturated rings. The molecule has 2 aliphatic rings. The van der Waals surface area contributed by atoms with Gasteiger partial charge in [-0.2, -0.15) is 0 Å². The SMILES string of the molecule is O=C1NCCCC[C@@H]1Sc1nnnn1C1CCCC1. The number of amides is 1. The average molecular weight is 281 g/mol. The zero-order chi connectivity index (χ0) is 13.1. The van der Waals surface area contributed by atoms with Crippen LogP contribution in [0.1, 0.15) is 51.0 Å². The lowest BCUT2D eigenvalue weighted by Gasteiger charge is -2.14. The molecule has 1 N–H and O–H groups in total. The fraction of sp³-hybridized carbons (Fsp3) is 0.833. The van der Waals surface area contributed by atoms with Crippen LogP contribution in [-0.4, -0.2) is 37.9 Å². The van der Waals surface area contributed by atoms with Crippen molar-refractivity contribution in [1.29, 1.82) is 0 Å². The number of thioether (sulfide) groups is 1. The molecule has 2 heterocycles. The number of carbonyl (C=O) groups excluding carboxylic acids is 1. The van der Waals surface area contributed by atoms with Gasteiger partial charge in [-0.1, -0.05) is 31.0 Å². The van der Waals surface area contributed by atoms with E-state index in [-0.39, 0.29) is 11.2 Å². The Morgan fingerprint density at radius 2 is 1.95 bits per heavy atom. The largest absolute Gasteiger partial charge is 0.355 e. The molecule has 0 radical (unpaired) electrons. The maximum Gasteiger partial charge on any atom is 0.233 e. The first-order chi connectivity index (χ1) is 9.34. The van der Waals surface area contributed by atoms with Gasteiger partial charge < -0.3 is 5.32 Å². The minimum atomic E-state index is -0.0475. The number of hydrogen-bond acceptors (Lipinski definition) is 5. The summed E-state index contributed by atoms with van der Waals surface area (Å²) in [5.41, 5.74) is 0. The summed E-state index contributed by atoms with van der Waals surface area (Å²) in [4.78, 5) is 12.0. The number of tetrazole rings is 1. The summed E-state index contributed by atoms with van der Waals surface area (Å²) in [7, 11) is 0. The van der Waals surface area contributed by atoms with E-state index in [4.69, 9.17) is 0 Å². The van der Waals surface area contributed by atoms with Gasteiger partial charge in [0, 0.05) is 6.54 Å². The van der Waals surface area contributed by atoms with Gasteiger partial charge in [-0.25, -0.2) is 4.68 Å². The van der Waals surface area contributed by atoms with E-state index >= 15 is 0 Å². The van der Waals surface area contributed by atoms with Crippen molar-refractivity contribution in [2.24, 2.45) is 0 Å². The lowest BCUT2D eigenvalue weighted by molar-refractivity contribution is -0.120. The first-order valence-corrected chi connectivity index (χ1v) is 7.95. The van der Waals surface area contributed by atoms with Crippen molar-refractivity contribution in [2.75, 3.05) is 6.54 Å². The lowest BCUT2D eigenvalue weighted by Crippen LogP contribution is -2.31. The topological polar surface area (TPSA) is 72.7 Å². The summed E-state index contributed by atoms with van der Waals surface area (Å²) >= 11 is 1.52. The number of hydrogen-bond donors (Lipinski definition) is 1. The Hall–Kier alpha value is -1.11. The van der Waals surface area contributed by atoms with Gasteiger partial charge in [-0.3, -0.25) is 4.79 Å². The van der Waals surface area contributed by atoms with Gasteiger partial charge in [0.05, 0.1) is 11.3 Å². The Morgan fingerprint density at radius 1 is 1.16 bits per heavy atom. The van der Waals surface area contributed by atoms with Gasteiger partial charge in [-0.15, -0.1) is 5.10 Å². The van der Waals surface area contributed by atoms with E-state index in [9.17, 15) is 4.79 Å². The highest BCUT2D eigenvalue weighted by Crippen LogP contribution is 2.33. The zero-order valence-electron chi connectivity index (χ0n) is 10.9. The molecule has 6 nitrogen and oxygen atoms in total. The molecule has 104 valence electrons. The molecule has 1 saturated heterocycles. The molecule has 0 spiro atoms. The second-order valence-corrected chi connectivity index (χ2v) is 6.41. The monoisotopic (exact) mass is 281 g/mol. The Morgan fingerprint density at radius 3 is 2.79 bits per heavy atom. The molecule has 1 aliphatic carbocycles. The van der Waals surface area contributed by atoms with Gasteiger partial charge in [0.15, 0.2) is 0 Å². The minimum absolute atomic E-state index is 0.0475. The summed E-state index contributed by atoms with van der Waals surface area (Å²) in [6.07, 6.45) is 7.85. The van der Waals surface area contributed by atoms with Crippen molar-refractivity contribution in [3.63, 3.8) is 0 Å². The maximum absolute atomic E-state index is 12.0. The van der Waals surface area contributed by atoms with Crippen molar-refractivity contribution in [3.8, 4) is 0 Å². The predicted molar refractivity (Wildman–Crippen MR) is 71.8 cm³/mol. The molecule has 1 aromatic heterocycles. The molecule has 0 bridgehead atoms. The number of carbonyl (C=O) groups is 1. The van der Waals surface area contributed by atoms with Gasteiger partial charge >= 0.3 is 0 Å². The molecule has 1 aromatic rings. The van der Waals surface area contributed by atoms with Crippen LogP contribution in [-0.2, 0) is 4.79 Å². The van der Waals surface area contributed by atoms with Crippen LogP contribution in [0, 0.1) is 0 Å². The molecule has 0 aromatic carbocycles. The molecule has 1 atom stereocenters. The number of rotatable bonds is 3. The first-order valence-electron chi connectivity index (χ1n) is 7.07. The van der Waals surface area contributed by atoms with Crippen molar-refractivity contribution in [2.45, 2.75) is 61.4 Å². The summed E-state index contributed by atoms with van der Waals surface area (Å²) in [6.45, 7) is 0.795. The second-order valence-electron chi connectivity index (χ2n) is 5.24. The third-order valence-electron chi connectivity index (χ3n) is 3.87. The Labute approximate surface area is 116 Å². The quantitative estimate of drug-likeness (QED) is 0.910. The standard InChI is InChI=1S/C12H19N5OS/c18-11-10(7-3-4-8-13-11)19-12-14-15-16-17(12)9-5-1-2-6-9/h9-10H,1-8H2,(H,13,18)/t10-/m0/s1. The molecule has 1 aliphatic heterocycles. The summed E-state index contributed by atoms with van der Waals surface area (Å²) in [5, 5.41) is 15.7. The van der Waals surface area contributed by atoms with Gasteiger partial charge in [0.2, 0.25) is 11.1 Å². The molecule has 7 heteroatoms. The van der Waals surface area contributed by atoms with Gasteiger partial charge in [-0.05, 0) is 36.1 Å². The summed E-state index contributed by atoms with van der Waals surface area (Å²) in [5.74, 6) is 0.128. The van der Waals surface area contributed by atoms with E-state index in [1.165, 1.54) is 24.6 Å². The van der Waals surface area contributed by atoms with Crippen molar-refractivity contribution in [1.82, 2.24) is 25.5 Å². The third-order valence-corrected chi connectivity index (χ3v) is 5.08. The van der Waals surface area contributed by atoms with Crippen LogP contribution in [0.2, 0.25) is 0 Å². The number of nitrogens with one attached hydrogen (secondary N) is 1. The Kier molecular flexibility index (Phi) is 4.00. The molecule has 19 heavy (non-hydrogen) atoms. The van der Waals surface area contributed by atoms with Crippen molar-refractivity contribution in [3.05, 3.63) is 0 Å². The van der Waals surface area contributed by atoms with Crippen LogP contribution >= 0.6 is 11.8 Å². The molecule has 1 amide bonds. The lowest BCUT2D eigenvalue weighted by atomic mass is 10.2. The zero-order valence-corrected chi connectivity index (χ0v) is 11.7. The van der Waals surface area contributed by atoms with Crippen molar-refractivity contribution < 1.29 is 4.79 Å². The predicted octanol–water partition coefficient (Wildman–Crippen LogP) is 1.55. The van der Waals surface area contributed by atoms with Crippen LogP contribution < -0.4 is 5.32 Å². The fourth-order valence-corrected chi connectivity index (χ4v) is 3.90. The molecule has 3 rings (SSSR count). The summed E-state index contributed by atoms with van der Waals surface area (Å²) < 4.78 is 1.93. The Bertz CT molecular complexity index is 443. The van der Waals surface area contributed by atoms with E-state index in [1.807, 2.05) is 4.68 Å². The van der Waals surface area contributed by atoms with E-state index in [0.717, 1.165) is 43.8 Å². The van der Waals surface area contributed by atoms with E-state index in [0.29, 0.717) is 6.04 Å². The normalized spacial score (nSPS) is 25.3. The number of aromatic nitrogens is 4. The van der Waals surface area contributed by atoms with E-state index in [2.05, 4.69) is 20.8 Å². The number of nitrogens with zero attached hydrogens (tertiary/aromatic N) is 4. The van der Waals surface area contributed by atoms with Crippen LogP contribution in [0.25, 0.3) is 0 Å². The minimum Gasteiger partial charge on any atom is -0.355 e. The third kappa shape index (κ3) is 2.91. The van der Waals surface area contributed by atoms with Crippen LogP contribution in [0.15, 0.2) is 5.16 Å². The maximum atomic E-state index is 12.0. The van der Waals surface area contributed by atoms with Crippen LogP contribution in [0.3, 0.4) is 0 Å². The fourth-order valence-electron chi connectivity index (χ4n) is 2.79. The smallest absolute Gasteiger partial charge is 0.233 e. The van der Waals surface area contributed by atoms with Gasteiger partial charge in [0.1, 0.15) is 0 Å². The first kappa shape index (κ1) is 12.9. The highest BCUT2D eigenvalue weighted by molar-refractivity contribution is 8.00. The highest BCUT2D eigenvalue weighted by Gasteiger charge is 2.27. The molecular formula is C12H19N5OS. The second kappa shape index (κ2) is 5.90. The Balaban J connectivity index is 1.71. The van der Waals surface area contributed by atoms with Crippen molar-refractivity contribution >= 4 is 17.7 Å². The van der Waals surface area contributed by atoms with E-state index < -0.39 is 0 Å². The highest BCUT2D eigenvalue weighted by atomic mass is 32.2. The molecular weight excluding hydrogens is 262 g/mol. The van der Waals surface area contributed by atoms with Gasteiger partial charge in [0.25, 0.3) is 0 Å². The average Bonchev–Trinajstić information content (AvgIpc) is 3.03. The van der Waals surface area contributed by atoms with Crippen LogP contribution in [0.4, 0.5) is 0 Å². The van der Waals surface area contributed by atoms with E-state index in [1.54, 1.807) is 0 Å². The molecule has 0 unspecified atom stereocenters. The summed E-state index contributed by atoms with van der Waals surface area (Å²) in [6, 6.07) is 0.423. The van der Waals surface area contributed by atoms with Crippen LogP contribution in [0.5, 0.6) is 0 Å².